The van der Waals surface area contributed by atoms with Crippen molar-refractivity contribution in [1.29, 1.82) is 0 Å². The first-order valence-corrected chi connectivity index (χ1v) is 10.6. The van der Waals surface area contributed by atoms with E-state index in [-0.39, 0.29) is 17.8 Å². The summed E-state index contributed by atoms with van der Waals surface area (Å²) in [6, 6.07) is 7.33. The maximum Gasteiger partial charge on any atom is 0.257 e. The normalized spacial score (nSPS) is 16.2. The molecule has 1 atom stereocenters. The third-order valence-corrected chi connectivity index (χ3v) is 6.01. The molecule has 1 saturated heterocycles. The first-order chi connectivity index (χ1) is 15.5. The lowest BCUT2D eigenvalue weighted by molar-refractivity contribution is 0.0792. The molecule has 0 radical (unpaired) electrons. The number of anilines is 1. The molecule has 1 unspecified atom stereocenters. The summed E-state index contributed by atoms with van der Waals surface area (Å²) in [6.45, 7) is 3.55. The van der Waals surface area contributed by atoms with Gasteiger partial charge in [-0.1, -0.05) is 29.8 Å². The van der Waals surface area contributed by atoms with Crippen molar-refractivity contribution in [3.63, 3.8) is 0 Å². The van der Waals surface area contributed by atoms with Crippen LogP contribution in [0.2, 0.25) is 5.02 Å². The van der Waals surface area contributed by atoms with E-state index in [0.29, 0.717) is 64.0 Å². The van der Waals surface area contributed by atoms with Crippen molar-refractivity contribution >= 4 is 34.4 Å². The summed E-state index contributed by atoms with van der Waals surface area (Å²) in [6.07, 6.45) is 2.34. The van der Waals surface area contributed by atoms with Gasteiger partial charge in [-0.15, -0.1) is 0 Å². The molecule has 1 aliphatic heterocycles. The van der Waals surface area contributed by atoms with Crippen LogP contribution in [0.5, 0.6) is 0 Å². The number of carbonyl (C=O) groups is 1. The van der Waals surface area contributed by atoms with Gasteiger partial charge in [0.25, 0.3) is 5.91 Å². The monoisotopic (exact) mass is 452 g/mol. The molecule has 1 aromatic carbocycles. The molecule has 4 N–H and O–H groups in total. The van der Waals surface area contributed by atoms with E-state index in [0.717, 1.165) is 6.42 Å². The number of aryl methyl sites for hydroxylation is 1. The van der Waals surface area contributed by atoms with Gasteiger partial charge in [0.05, 0.1) is 21.8 Å². The summed E-state index contributed by atoms with van der Waals surface area (Å²) >= 11 is 6.47. The van der Waals surface area contributed by atoms with Crippen LogP contribution < -0.4 is 11.5 Å². The topological polar surface area (TPSA) is 142 Å². The Hall–Kier alpha value is -3.50. The summed E-state index contributed by atoms with van der Waals surface area (Å²) in [7, 11) is 0. The molecule has 32 heavy (non-hydrogen) atoms. The van der Waals surface area contributed by atoms with E-state index in [1.165, 1.54) is 0 Å². The molecule has 1 fully saturated rings. The molecule has 4 heterocycles. The summed E-state index contributed by atoms with van der Waals surface area (Å²) in [5.74, 6) is 0.406. The molecule has 10 nitrogen and oxygen atoms in total. The van der Waals surface area contributed by atoms with Crippen LogP contribution in [0.3, 0.4) is 0 Å². The number of hydrogen-bond donors (Lipinski definition) is 2. The largest absolute Gasteiger partial charge is 0.379 e. The maximum absolute atomic E-state index is 13.4. The highest BCUT2D eigenvalue weighted by Crippen LogP contribution is 2.36. The van der Waals surface area contributed by atoms with Crippen LogP contribution in [0.15, 0.2) is 35.1 Å². The van der Waals surface area contributed by atoms with Crippen molar-refractivity contribution in [3.05, 3.63) is 41.0 Å². The standard InChI is InChI=1S/C21H21ClN8O2/c1-2-30-18-13(21(31)29-8-7-11(23)10-29)9-25-15(12-5-3-4-6-14(12)22)16(18)26-20(30)17-19(24)28-32-27-17/h3-6,9,11H,2,7-8,10,23H2,1H3,(H2,24,28). The van der Waals surface area contributed by atoms with Crippen LogP contribution in [0.4, 0.5) is 5.82 Å². The number of halogens is 1. The Morgan fingerprint density at radius 1 is 1.28 bits per heavy atom. The molecule has 5 rings (SSSR count). The van der Waals surface area contributed by atoms with Crippen molar-refractivity contribution < 1.29 is 9.42 Å². The predicted octanol–water partition coefficient (Wildman–Crippen LogP) is 2.58. The van der Waals surface area contributed by atoms with E-state index in [1.807, 2.05) is 29.7 Å². The van der Waals surface area contributed by atoms with E-state index < -0.39 is 0 Å². The van der Waals surface area contributed by atoms with E-state index in [1.54, 1.807) is 17.2 Å². The molecule has 164 valence electrons. The van der Waals surface area contributed by atoms with Crippen LogP contribution in [0, 0.1) is 0 Å². The van der Waals surface area contributed by atoms with Gasteiger partial charge in [-0.05, 0) is 29.7 Å². The van der Waals surface area contributed by atoms with Crippen molar-refractivity contribution in [2.24, 2.45) is 5.73 Å². The number of nitrogen functional groups attached to an aromatic ring is 1. The third-order valence-electron chi connectivity index (χ3n) is 5.68. The smallest absolute Gasteiger partial charge is 0.257 e. The zero-order valence-corrected chi connectivity index (χ0v) is 18.1. The highest BCUT2D eigenvalue weighted by Gasteiger charge is 2.30. The minimum atomic E-state index is -0.145. The zero-order valence-electron chi connectivity index (χ0n) is 17.3. The van der Waals surface area contributed by atoms with Crippen LogP contribution in [-0.4, -0.2) is 54.8 Å². The fourth-order valence-electron chi connectivity index (χ4n) is 4.13. The number of carbonyl (C=O) groups excluding carboxylic acids is 1. The number of rotatable bonds is 4. The Morgan fingerprint density at radius 2 is 2.09 bits per heavy atom. The Kier molecular flexibility index (Phi) is 5.03. The van der Waals surface area contributed by atoms with E-state index in [4.69, 9.17) is 32.7 Å². The fraction of sp³-hybridized carbons (Fsp3) is 0.286. The average molecular weight is 453 g/mol. The lowest BCUT2D eigenvalue weighted by atomic mass is 10.1. The van der Waals surface area contributed by atoms with Gasteiger partial charge in [0.2, 0.25) is 0 Å². The number of nitrogens with zero attached hydrogens (tertiary/aromatic N) is 6. The number of pyridine rings is 1. The van der Waals surface area contributed by atoms with E-state index >= 15 is 0 Å². The van der Waals surface area contributed by atoms with Gasteiger partial charge in [-0.2, -0.15) is 0 Å². The summed E-state index contributed by atoms with van der Waals surface area (Å²) in [5, 5.41) is 8.12. The second kappa shape index (κ2) is 7.88. The van der Waals surface area contributed by atoms with Gasteiger partial charge in [-0.3, -0.25) is 9.78 Å². The van der Waals surface area contributed by atoms with Gasteiger partial charge in [0.15, 0.2) is 17.3 Å². The zero-order chi connectivity index (χ0) is 22.4. The van der Waals surface area contributed by atoms with Gasteiger partial charge in [-0.25, -0.2) is 9.61 Å². The van der Waals surface area contributed by atoms with E-state index in [9.17, 15) is 4.79 Å². The molecule has 3 aromatic heterocycles. The summed E-state index contributed by atoms with van der Waals surface area (Å²) in [4.78, 5) is 24.6. The number of imidazole rings is 1. The first-order valence-electron chi connectivity index (χ1n) is 10.3. The van der Waals surface area contributed by atoms with Gasteiger partial charge in [0, 0.05) is 37.4 Å². The number of amides is 1. The first kappa shape index (κ1) is 20.4. The minimum absolute atomic E-state index is 0.0301. The van der Waals surface area contributed by atoms with Crippen LogP contribution in [-0.2, 0) is 6.54 Å². The second-order valence-corrected chi connectivity index (χ2v) is 8.08. The van der Waals surface area contributed by atoms with Crippen molar-refractivity contribution in [2.45, 2.75) is 25.9 Å². The number of aromatic nitrogens is 5. The predicted molar refractivity (Wildman–Crippen MR) is 120 cm³/mol. The maximum atomic E-state index is 13.4. The molecule has 4 aromatic rings. The molecule has 0 bridgehead atoms. The Morgan fingerprint density at radius 3 is 2.75 bits per heavy atom. The lowest BCUT2D eigenvalue weighted by Gasteiger charge is -2.17. The second-order valence-electron chi connectivity index (χ2n) is 7.68. The average Bonchev–Trinajstić information content (AvgIpc) is 3.51. The molecule has 0 saturated carbocycles. The molecule has 0 spiro atoms. The lowest BCUT2D eigenvalue weighted by Crippen LogP contribution is -2.32. The molecular weight excluding hydrogens is 432 g/mol. The van der Waals surface area contributed by atoms with Crippen LogP contribution in [0.1, 0.15) is 23.7 Å². The fourth-order valence-corrected chi connectivity index (χ4v) is 4.36. The summed E-state index contributed by atoms with van der Waals surface area (Å²) < 4.78 is 6.67. The van der Waals surface area contributed by atoms with Crippen molar-refractivity contribution in [3.8, 4) is 22.8 Å². The number of benzene rings is 1. The quantitative estimate of drug-likeness (QED) is 0.481. The number of hydrogen-bond acceptors (Lipinski definition) is 8. The minimum Gasteiger partial charge on any atom is -0.379 e. The third kappa shape index (κ3) is 3.19. The number of fused-ring (bicyclic) bond motifs is 1. The van der Waals surface area contributed by atoms with E-state index in [2.05, 4.69) is 15.3 Å². The van der Waals surface area contributed by atoms with Gasteiger partial charge in [0.1, 0.15) is 5.52 Å². The number of likely N-dealkylation sites (tertiary alicyclic amines) is 1. The van der Waals surface area contributed by atoms with Crippen molar-refractivity contribution in [2.75, 3.05) is 18.8 Å². The molecule has 11 heteroatoms. The van der Waals surface area contributed by atoms with Gasteiger partial charge >= 0.3 is 0 Å². The Balaban J connectivity index is 1.80. The van der Waals surface area contributed by atoms with Crippen LogP contribution >= 0.6 is 11.6 Å². The Labute approximate surface area is 188 Å². The van der Waals surface area contributed by atoms with Gasteiger partial charge < -0.3 is 20.9 Å². The number of nitrogens with two attached hydrogens (primary N) is 2. The molecule has 1 aliphatic rings. The van der Waals surface area contributed by atoms with Crippen LogP contribution in [0.25, 0.3) is 33.8 Å². The SMILES string of the molecule is CCn1c(-c2nonc2N)nc2c(-c3ccccc3Cl)ncc(C(=O)N3CCC(N)C3)c21. The summed E-state index contributed by atoms with van der Waals surface area (Å²) in [5.41, 5.74) is 15.1. The van der Waals surface area contributed by atoms with Crippen molar-refractivity contribution in [1.82, 2.24) is 29.7 Å². The molecule has 1 amide bonds. The molecular formula is C21H21ClN8O2. The highest BCUT2D eigenvalue weighted by molar-refractivity contribution is 6.33. The Bertz CT molecular complexity index is 1330. The highest BCUT2D eigenvalue weighted by atomic mass is 35.5. The molecule has 0 aliphatic carbocycles.